The van der Waals surface area contributed by atoms with Crippen molar-refractivity contribution in [2.45, 2.75) is 96.8 Å². The van der Waals surface area contributed by atoms with Crippen LogP contribution in [0.3, 0.4) is 0 Å². The summed E-state index contributed by atoms with van der Waals surface area (Å²) in [5.74, 6) is 1.31. The SMILES string of the molecule is [2H]C([2H])(C=O)C[C@@H](C)[C@H]1CCC2C3C(CC[C@@]21C)[C@@]1(C)CCC2(C[C@@H]1C[C@H]3OC(=O)c1ccccc1)OCCO2. The van der Waals surface area contributed by atoms with Gasteiger partial charge in [-0.1, -0.05) is 39.0 Å². The molecule has 6 rings (SSSR count). The zero-order valence-corrected chi connectivity index (χ0v) is 23.3. The Balaban J connectivity index is 1.31. The van der Waals surface area contributed by atoms with Crippen LogP contribution in [0.4, 0.5) is 0 Å². The Morgan fingerprint density at radius 2 is 1.82 bits per heavy atom. The number of rotatable bonds is 6. The zero-order chi connectivity index (χ0) is 28.3. The van der Waals surface area contributed by atoms with E-state index >= 15 is 0 Å². The Kier molecular flexibility index (Phi) is 6.37. The van der Waals surface area contributed by atoms with Gasteiger partial charge in [-0.2, -0.15) is 0 Å². The lowest BCUT2D eigenvalue weighted by Crippen LogP contribution is -2.60. The second-order valence-electron chi connectivity index (χ2n) is 13.6. The van der Waals surface area contributed by atoms with Crippen molar-refractivity contribution in [2.24, 2.45) is 46.3 Å². The van der Waals surface area contributed by atoms with Gasteiger partial charge in [-0.05, 0) is 97.5 Å². The Morgan fingerprint density at radius 1 is 1.08 bits per heavy atom. The van der Waals surface area contributed by atoms with E-state index in [2.05, 4.69) is 20.8 Å². The van der Waals surface area contributed by atoms with E-state index in [1.54, 1.807) is 0 Å². The average molecular weight is 525 g/mol. The molecule has 38 heavy (non-hydrogen) atoms. The van der Waals surface area contributed by atoms with Crippen molar-refractivity contribution in [3.8, 4) is 0 Å². The molecule has 0 N–H and O–H groups in total. The molecule has 0 bridgehead atoms. The van der Waals surface area contributed by atoms with Gasteiger partial charge in [-0.15, -0.1) is 0 Å². The summed E-state index contributed by atoms with van der Waals surface area (Å²) in [7, 11) is 0. The summed E-state index contributed by atoms with van der Waals surface area (Å²) in [6.07, 6.45) is 6.84. The third-order valence-electron chi connectivity index (χ3n) is 12.0. The quantitative estimate of drug-likeness (QED) is 0.301. The number of carbonyl (C=O) groups is 2. The van der Waals surface area contributed by atoms with Crippen molar-refractivity contribution in [1.82, 2.24) is 0 Å². The van der Waals surface area contributed by atoms with Gasteiger partial charge in [0.25, 0.3) is 0 Å². The fraction of sp³-hybridized carbons (Fsp3) is 0.758. The molecule has 1 aromatic rings. The molecule has 0 amide bonds. The molecule has 4 aliphatic carbocycles. The van der Waals surface area contributed by atoms with Gasteiger partial charge in [0, 0.05) is 27.9 Å². The molecule has 1 aliphatic heterocycles. The topological polar surface area (TPSA) is 61.8 Å². The van der Waals surface area contributed by atoms with Gasteiger partial charge < -0.3 is 19.0 Å². The summed E-state index contributed by atoms with van der Waals surface area (Å²) in [4.78, 5) is 24.9. The molecular formula is C33H46O5. The standard InChI is InChI=1S/C33H46O5/c1-22(8-7-17-34)25-11-12-26-29-27(13-14-32(25,26)3)31(2)15-16-33(36-18-19-37-33)21-24(31)20-28(29)38-30(35)23-9-5-4-6-10-23/h4-6,9-10,17,22,24-29H,7-8,11-16,18-21H2,1-3H3/t22-,24+,25-,26?,27?,28-,29?,31+,32-/m1/s1/i7D2. The lowest BCUT2D eigenvalue weighted by atomic mass is 9.43. The number of fused-ring (bicyclic) bond motifs is 5. The number of ether oxygens (including phenoxy) is 3. The third kappa shape index (κ3) is 4.27. The lowest BCUT2D eigenvalue weighted by Gasteiger charge is -2.63. The van der Waals surface area contributed by atoms with Gasteiger partial charge in [0.2, 0.25) is 0 Å². The van der Waals surface area contributed by atoms with Crippen molar-refractivity contribution < 1.29 is 26.5 Å². The first-order valence-corrected chi connectivity index (χ1v) is 15.0. The molecule has 9 atom stereocenters. The summed E-state index contributed by atoms with van der Waals surface area (Å²) in [5.41, 5.74) is 0.803. The van der Waals surface area contributed by atoms with Gasteiger partial charge in [-0.3, -0.25) is 0 Å². The predicted octanol–water partition coefficient (Wildman–Crippen LogP) is 6.84. The molecule has 0 radical (unpaired) electrons. The monoisotopic (exact) mass is 524 g/mol. The minimum absolute atomic E-state index is 0.0493. The minimum Gasteiger partial charge on any atom is -0.458 e. The molecule has 1 spiro atoms. The summed E-state index contributed by atoms with van der Waals surface area (Å²) in [6, 6.07) is 9.36. The Hall–Kier alpha value is -1.72. The fourth-order valence-electron chi connectivity index (χ4n) is 10.2. The maximum atomic E-state index is 13.5. The maximum Gasteiger partial charge on any atom is 0.338 e. The molecule has 1 saturated heterocycles. The highest BCUT2D eigenvalue weighted by molar-refractivity contribution is 5.89. The van der Waals surface area contributed by atoms with Gasteiger partial charge >= 0.3 is 5.97 Å². The fourth-order valence-corrected chi connectivity index (χ4v) is 10.2. The van der Waals surface area contributed by atoms with Crippen molar-refractivity contribution in [3.05, 3.63) is 35.9 Å². The number of carbonyl (C=O) groups excluding carboxylic acids is 2. The minimum atomic E-state index is -1.78. The van der Waals surface area contributed by atoms with Crippen LogP contribution in [0, 0.1) is 46.3 Å². The van der Waals surface area contributed by atoms with Crippen LogP contribution in [0.1, 0.15) is 98.0 Å². The lowest BCUT2D eigenvalue weighted by molar-refractivity contribution is -0.242. The van der Waals surface area contributed by atoms with Crippen molar-refractivity contribution in [2.75, 3.05) is 13.2 Å². The highest BCUT2D eigenvalue weighted by Gasteiger charge is 2.65. The highest BCUT2D eigenvalue weighted by atomic mass is 16.7. The highest BCUT2D eigenvalue weighted by Crippen LogP contribution is 2.69. The third-order valence-corrected chi connectivity index (χ3v) is 12.0. The number of hydrogen-bond acceptors (Lipinski definition) is 5. The largest absolute Gasteiger partial charge is 0.458 e. The van der Waals surface area contributed by atoms with E-state index < -0.39 is 12.2 Å². The maximum absolute atomic E-state index is 13.5. The first-order chi connectivity index (χ1) is 19.0. The number of esters is 1. The van der Waals surface area contributed by atoms with Gasteiger partial charge in [0.1, 0.15) is 12.4 Å². The second-order valence-corrected chi connectivity index (χ2v) is 13.6. The van der Waals surface area contributed by atoms with Crippen LogP contribution in [-0.2, 0) is 19.0 Å². The second kappa shape index (κ2) is 10.0. The number of benzene rings is 1. The molecule has 5 nitrogen and oxygen atoms in total. The van der Waals surface area contributed by atoms with E-state index in [0.717, 1.165) is 51.4 Å². The average Bonchev–Trinajstić information content (AvgIpc) is 3.54. The van der Waals surface area contributed by atoms with Crippen LogP contribution in [-0.4, -0.2) is 37.4 Å². The molecule has 1 heterocycles. The van der Waals surface area contributed by atoms with E-state index in [1.165, 1.54) is 0 Å². The summed E-state index contributed by atoms with van der Waals surface area (Å²) in [5, 5.41) is 0. The van der Waals surface area contributed by atoms with Crippen LogP contribution < -0.4 is 0 Å². The molecule has 3 unspecified atom stereocenters. The van der Waals surface area contributed by atoms with Crippen LogP contribution in [0.5, 0.6) is 0 Å². The number of aldehydes is 1. The van der Waals surface area contributed by atoms with Gasteiger partial charge in [0.05, 0.1) is 18.8 Å². The van der Waals surface area contributed by atoms with E-state index in [-0.39, 0.29) is 41.2 Å². The number of hydrogen-bond donors (Lipinski definition) is 0. The first kappa shape index (κ1) is 24.1. The van der Waals surface area contributed by atoms with E-state index in [1.807, 2.05) is 30.3 Å². The molecule has 1 aromatic carbocycles. The van der Waals surface area contributed by atoms with E-state index in [0.29, 0.717) is 48.7 Å². The van der Waals surface area contributed by atoms with Crippen LogP contribution in [0.2, 0.25) is 0 Å². The first-order valence-electron chi connectivity index (χ1n) is 16.0. The Morgan fingerprint density at radius 3 is 2.55 bits per heavy atom. The predicted molar refractivity (Wildman–Crippen MR) is 145 cm³/mol. The van der Waals surface area contributed by atoms with E-state index in [9.17, 15) is 9.59 Å². The van der Waals surface area contributed by atoms with Crippen molar-refractivity contribution >= 4 is 12.3 Å². The zero-order valence-electron chi connectivity index (χ0n) is 25.3. The van der Waals surface area contributed by atoms with E-state index in [4.69, 9.17) is 17.0 Å². The van der Waals surface area contributed by atoms with Crippen LogP contribution in [0.15, 0.2) is 30.3 Å². The molecule has 208 valence electrons. The normalized spacial score (nSPS) is 43.2. The molecule has 5 fully saturated rings. The van der Waals surface area contributed by atoms with Gasteiger partial charge in [0.15, 0.2) is 5.79 Å². The smallest absolute Gasteiger partial charge is 0.338 e. The molecular weight excluding hydrogens is 476 g/mol. The molecule has 5 aliphatic rings. The summed E-state index contributed by atoms with van der Waals surface area (Å²) < 4.78 is 35.1. The Bertz CT molecular complexity index is 1100. The molecule has 5 heteroatoms. The van der Waals surface area contributed by atoms with Crippen LogP contribution >= 0.6 is 0 Å². The van der Waals surface area contributed by atoms with Gasteiger partial charge in [-0.25, -0.2) is 4.79 Å². The summed E-state index contributed by atoms with van der Waals surface area (Å²) in [6.45, 7) is 8.36. The van der Waals surface area contributed by atoms with Crippen molar-refractivity contribution in [1.29, 1.82) is 0 Å². The molecule has 0 aromatic heterocycles. The van der Waals surface area contributed by atoms with Crippen LogP contribution in [0.25, 0.3) is 0 Å². The van der Waals surface area contributed by atoms with Crippen molar-refractivity contribution in [3.63, 3.8) is 0 Å². The summed E-state index contributed by atoms with van der Waals surface area (Å²) >= 11 is 0. The molecule has 4 saturated carbocycles. The Labute approximate surface area is 231 Å².